The van der Waals surface area contributed by atoms with Crippen LogP contribution in [0, 0.1) is 18.3 Å². The number of hydrogen-bond donors (Lipinski definition) is 0. The number of benzene rings is 1. The van der Waals surface area contributed by atoms with Crippen LogP contribution in [0.2, 0.25) is 0 Å². The smallest absolute Gasteiger partial charge is 0.691 e. The Hall–Kier alpha value is 0.370. The average molecular weight is 390 g/mol. The fourth-order valence-electron chi connectivity index (χ4n) is 1.54. The third-order valence-electron chi connectivity index (χ3n) is 2.18. The van der Waals surface area contributed by atoms with Crippen molar-refractivity contribution >= 4 is 37.8 Å². The molecule has 1 rings (SSSR count). The van der Waals surface area contributed by atoms with Gasteiger partial charge in [-0.15, -0.1) is 0 Å². The second-order valence-corrected chi connectivity index (χ2v) is 7.07. The maximum absolute atomic E-state index is 12.1. The fraction of sp³-hybridized carbons (Fsp3) is 0.300. The van der Waals surface area contributed by atoms with Crippen LogP contribution in [0.25, 0.3) is 0 Å². The second kappa shape index (κ2) is 9.40. The molecule has 0 amide bonds. The number of halogens is 1. The van der Waals surface area contributed by atoms with Crippen LogP contribution in [0.1, 0.15) is 11.1 Å². The maximum Gasteiger partial charge on any atom is 1.00 e. The van der Waals surface area contributed by atoms with Crippen molar-refractivity contribution in [2.24, 2.45) is 0 Å². The molecule has 1 aromatic rings. The molecule has 0 fully saturated rings. The molecule has 20 heavy (non-hydrogen) atoms. The van der Waals surface area contributed by atoms with Crippen LogP contribution in [0.5, 0.6) is 0 Å². The molecular weight excluding hydrogens is 381 g/mol. The van der Waals surface area contributed by atoms with Crippen molar-refractivity contribution in [1.82, 2.24) is 0 Å². The molecule has 0 bridgehead atoms. The van der Waals surface area contributed by atoms with Gasteiger partial charge in [-0.05, 0) is 24.6 Å². The number of nitrogens with zero attached hydrogens (tertiary/aromatic N) is 1. The van der Waals surface area contributed by atoms with Gasteiger partial charge in [0.1, 0.15) is 6.07 Å². The van der Waals surface area contributed by atoms with Crippen molar-refractivity contribution in [2.75, 3.05) is 11.1 Å². The van der Waals surface area contributed by atoms with Crippen molar-refractivity contribution in [3.05, 3.63) is 23.3 Å². The minimum atomic E-state index is -3.53. The zero-order valence-corrected chi connectivity index (χ0v) is 16.0. The van der Waals surface area contributed by atoms with Gasteiger partial charge in [-0.3, -0.25) is 5.04 Å². The molecule has 0 spiro atoms. The van der Waals surface area contributed by atoms with Crippen LogP contribution >= 0.6 is 28.0 Å². The molecule has 0 N–H and O–H groups in total. The molecular formula is C10H9BrNNaO5S2. The third-order valence-corrected chi connectivity index (χ3v) is 5.56. The Morgan fingerprint density at radius 3 is 2.65 bits per heavy atom. The van der Waals surface area contributed by atoms with Gasteiger partial charge >= 0.3 is 29.6 Å². The van der Waals surface area contributed by atoms with Gasteiger partial charge in [0.25, 0.3) is 0 Å². The Bertz CT molecular complexity index is 602. The minimum absolute atomic E-state index is 0. The molecule has 10 heteroatoms. The van der Waals surface area contributed by atoms with Crippen LogP contribution in [-0.4, -0.2) is 19.5 Å². The van der Waals surface area contributed by atoms with Gasteiger partial charge in [0.15, 0.2) is 9.84 Å². The number of rotatable bonds is 6. The Morgan fingerprint density at radius 1 is 1.50 bits per heavy atom. The van der Waals surface area contributed by atoms with Crippen LogP contribution in [0.3, 0.4) is 0 Å². The van der Waals surface area contributed by atoms with Gasteiger partial charge in [0.2, 0.25) is 0 Å². The van der Waals surface area contributed by atoms with Gasteiger partial charge < -0.3 is 5.26 Å². The molecule has 0 aromatic heterocycles. The number of sulfone groups is 1. The Kier molecular flexibility index (Phi) is 9.57. The summed E-state index contributed by atoms with van der Waals surface area (Å²) in [6, 6.07) is 4.67. The van der Waals surface area contributed by atoms with E-state index in [2.05, 4.69) is 25.3 Å². The first-order valence-corrected chi connectivity index (χ1v) is 8.44. The Balaban J connectivity index is 0.00000361. The molecule has 0 saturated heterocycles. The van der Waals surface area contributed by atoms with E-state index in [1.54, 1.807) is 6.92 Å². The first-order chi connectivity index (χ1) is 8.96. The summed E-state index contributed by atoms with van der Waals surface area (Å²) in [4.78, 5) is 0.407. The minimum Gasteiger partial charge on any atom is -0.691 e. The summed E-state index contributed by atoms with van der Waals surface area (Å²) in [7, 11) is -3.53. The quantitative estimate of drug-likeness (QED) is 0.187. The number of nitriles is 1. The van der Waals surface area contributed by atoms with Crippen LogP contribution in [0.4, 0.5) is 0 Å². The Morgan fingerprint density at radius 2 is 2.15 bits per heavy atom. The normalized spacial score (nSPS) is 10.7. The van der Waals surface area contributed by atoms with Gasteiger partial charge in [-0.1, -0.05) is 15.9 Å². The van der Waals surface area contributed by atoms with Crippen molar-refractivity contribution in [1.29, 1.82) is 5.26 Å². The molecule has 0 aliphatic rings. The largest absolute Gasteiger partial charge is 1.00 e. The summed E-state index contributed by atoms with van der Waals surface area (Å²) < 4.78 is 28.3. The molecule has 6 nitrogen and oxygen atoms in total. The summed E-state index contributed by atoms with van der Waals surface area (Å²) >= 11 is 3.67. The van der Waals surface area contributed by atoms with Crippen LogP contribution in [0.15, 0.2) is 21.9 Å². The average Bonchev–Trinajstić information content (AvgIpc) is 2.34. The van der Waals surface area contributed by atoms with Crippen LogP contribution in [-0.2, 0) is 19.2 Å². The third kappa shape index (κ3) is 5.29. The van der Waals surface area contributed by atoms with E-state index in [1.165, 1.54) is 12.1 Å². The van der Waals surface area contributed by atoms with E-state index < -0.39 is 9.84 Å². The number of hydrogen-bond acceptors (Lipinski definition) is 7. The SMILES string of the molecule is Cc1cc(SOO[O-])cc(C#N)c1S(=O)(=O)CCBr.[Na+]. The van der Waals surface area contributed by atoms with Crippen molar-refractivity contribution in [2.45, 2.75) is 16.7 Å². The molecule has 0 aliphatic carbocycles. The summed E-state index contributed by atoms with van der Waals surface area (Å²) in [6.45, 7) is 1.57. The van der Waals surface area contributed by atoms with Crippen molar-refractivity contribution < 1.29 is 52.6 Å². The summed E-state index contributed by atoms with van der Waals surface area (Å²) in [5.41, 5.74) is 0.426. The molecule has 0 aliphatic heterocycles. The van der Waals surface area contributed by atoms with Gasteiger partial charge in [0.05, 0.1) is 28.3 Å². The first kappa shape index (κ1) is 20.4. The van der Waals surface area contributed by atoms with Crippen LogP contribution < -0.4 is 34.8 Å². The second-order valence-electron chi connectivity index (χ2n) is 3.46. The zero-order chi connectivity index (χ0) is 14.5. The molecule has 104 valence electrons. The monoisotopic (exact) mass is 389 g/mol. The van der Waals surface area contributed by atoms with E-state index in [0.717, 1.165) is 0 Å². The van der Waals surface area contributed by atoms with E-state index >= 15 is 0 Å². The fourth-order valence-corrected chi connectivity index (χ4v) is 4.71. The topological polar surface area (TPSA) is 99.4 Å². The maximum atomic E-state index is 12.1. The van der Waals surface area contributed by atoms with E-state index in [9.17, 15) is 13.7 Å². The van der Waals surface area contributed by atoms with Crippen molar-refractivity contribution in [3.8, 4) is 6.07 Å². The molecule has 0 unspecified atom stereocenters. The van der Waals surface area contributed by atoms with E-state index in [0.29, 0.717) is 22.5 Å². The van der Waals surface area contributed by atoms with Gasteiger partial charge in [-0.25, -0.2) is 8.42 Å². The predicted octanol–water partition coefficient (Wildman–Crippen LogP) is -1.73. The summed E-state index contributed by atoms with van der Waals surface area (Å²) in [5, 5.41) is 22.3. The predicted molar refractivity (Wildman–Crippen MR) is 69.8 cm³/mol. The summed E-state index contributed by atoms with van der Waals surface area (Å²) in [5.74, 6) is -0.102. The molecule has 0 radical (unpaired) electrons. The Labute approximate surface area is 151 Å². The first-order valence-electron chi connectivity index (χ1n) is 4.93. The molecule has 0 atom stereocenters. The van der Waals surface area contributed by atoms with E-state index in [1.807, 2.05) is 6.07 Å². The van der Waals surface area contributed by atoms with E-state index in [-0.39, 0.29) is 51.1 Å². The van der Waals surface area contributed by atoms with Gasteiger partial charge in [0, 0.05) is 10.2 Å². The molecule has 0 saturated carbocycles. The number of aryl methyl sites for hydroxylation is 1. The van der Waals surface area contributed by atoms with Gasteiger partial charge in [-0.2, -0.15) is 9.60 Å². The zero-order valence-electron chi connectivity index (χ0n) is 10.8. The molecule has 0 heterocycles. The van der Waals surface area contributed by atoms with Crippen molar-refractivity contribution in [3.63, 3.8) is 0 Å². The van der Waals surface area contributed by atoms with E-state index in [4.69, 9.17) is 5.26 Å². The summed E-state index contributed by atoms with van der Waals surface area (Å²) in [6.07, 6.45) is 0. The number of alkyl halides is 1. The molecule has 1 aromatic carbocycles. The standard InChI is InChI=1S/C10H10BrNO5S2.Na/c1-7-4-9(18-17-16-13)5-8(6-12)10(7)19(14,15)3-2-11;/h4-5,13H,2-3H2,1H3;/q;+1/p-1.